The van der Waals surface area contributed by atoms with Crippen molar-refractivity contribution in [2.45, 2.75) is 20.8 Å². The molecule has 86 valence electrons. The number of hydrogen-bond acceptors (Lipinski definition) is 4. The Kier molecular flexibility index (Phi) is 3.77. The number of carbonyl (C=O) groups excluding carboxylic acids is 2. The van der Waals surface area contributed by atoms with E-state index in [9.17, 15) is 9.59 Å². The summed E-state index contributed by atoms with van der Waals surface area (Å²) in [6, 6.07) is 5.02. The third kappa shape index (κ3) is 3.46. The van der Waals surface area contributed by atoms with Gasteiger partial charge in [-0.3, -0.25) is 14.6 Å². The maximum atomic E-state index is 11.5. The highest BCUT2D eigenvalue weighted by atomic mass is 16.5. The molecule has 0 aromatic carbocycles. The van der Waals surface area contributed by atoms with Gasteiger partial charge in [0.05, 0.1) is 5.41 Å². The van der Waals surface area contributed by atoms with E-state index in [1.54, 1.807) is 39.0 Å². The van der Waals surface area contributed by atoms with Gasteiger partial charge in [0.25, 0.3) is 0 Å². The lowest BCUT2D eigenvalue weighted by Gasteiger charge is -2.15. The van der Waals surface area contributed by atoms with Gasteiger partial charge in [-0.15, -0.1) is 0 Å². The molecule has 1 aromatic rings. The summed E-state index contributed by atoms with van der Waals surface area (Å²) in [5.74, 6) is -0.685. The number of aromatic nitrogens is 1. The Morgan fingerprint density at radius 1 is 1.31 bits per heavy atom. The second kappa shape index (κ2) is 4.88. The molecule has 0 saturated carbocycles. The van der Waals surface area contributed by atoms with Crippen molar-refractivity contribution in [3.8, 4) is 0 Å². The first-order valence-electron chi connectivity index (χ1n) is 5.03. The second-order valence-electron chi connectivity index (χ2n) is 4.46. The van der Waals surface area contributed by atoms with Crippen LogP contribution < -0.4 is 0 Å². The number of carbonyl (C=O) groups is 2. The Morgan fingerprint density at radius 2 is 2.00 bits per heavy atom. The Labute approximate surface area is 94.6 Å². The summed E-state index contributed by atoms with van der Waals surface area (Å²) in [5.41, 5.74) is -0.283. The smallest absolute Gasteiger partial charge is 0.311 e. The van der Waals surface area contributed by atoms with Crippen LogP contribution in [-0.2, 0) is 9.53 Å². The molecule has 4 nitrogen and oxygen atoms in total. The van der Waals surface area contributed by atoms with Gasteiger partial charge >= 0.3 is 5.97 Å². The van der Waals surface area contributed by atoms with Crippen molar-refractivity contribution < 1.29 is 14.3 Å². The molecule has 0 unspecified atom stereocenters. The van der Waals surface area contributed by atoms with Crippen molar-refractivity contribution in [1.29, 1.82) is 0 Å². The fourth-order valence-electron chi connectivity index (χ4n) is 0.949. The van der Waals surface area contributed by atoms with Gasteiger partial charge in [-0.2, -0.15) is 0 Å². The maximum Gasteiger partial charge on any atom is 0.311 e. The zero-order chi connectivity index (χ0) is 12.2. The zero-order valence-electron chi connectivity index (χ0n) is 9.69. The van der Waals surface area contributed by atoms with Crippen LogP contribution in [0.25, 0.3) is 0 Å². The average molecular weight is 221 g/mol. The molecule has 16 heavy (non-hydrogen) atoms. The van der Waals surface area contributed by atoms with E-state index in [1.165, 1.54) is 6.20 Å². The van der Waals surface area contributed by atoms with Gasteiger partial charge in [0.15, 0.2) is 6.61 Å². The minimum absolute atomic E-state index is 0.257. The minimum atomic E-state index is -0.593. The molecular weight excluding hydrogens is 206 g/mol. The van der Waals surface area contributed by atoms with Gasteiger partial charge in [-0.25, -0.2) is 0 Å². The molecule has 0 aliphatic carbocycles. The van der Waals surface area contributed by atoms with Crippen LogP contribution in [0.2, 0.25) is 0 Å². The number of hydrogen-bond donors (Lipinski definition) is 0. The predicted molar refractivity (Wildman–Crippen MR) is 59.0 cm³/mol. The lowest BCUT2D eigenvalue weighted by molar-refractivity contribution is -0.151. The van der Waals surface area contributed by atoms with E-state index in [0.29, 0.717) is 5.69 Å². The van der Waals surface area contributed by atoms with Crippen LogP contribution in [0.5, 0.6) is 0 Å². The summed E-state index contributed by atoms with van der Waals surface area (Å²) in [4.78, 5) is 26.8. The van der Waals surface area contributed by atoms with Crippen LogP contribution in [0.15, 0.2) is 24.4 Å². The highest BCUT2D eigenvalue weighted by Crippen LogP contribution is 2.15. The minimum Gasteiger partial charge on any atom is -0.457 e. The van der Waals surface area contributed by atoms with Crippen molar-refractivity contribution in [3.63, 3.8) is 0 Å². The SMILES string of the molecule is CC(C)(C)C(=O)OCC(=O)c1ccccn1. The zero-order valence-corrected chi connectivity index (χ0v) is 9.69. The highest BCUT2D eigenvalue weighted by Gasteiger charge is 2.24. The normalized spacial score (nSPS) is 10.9. The van der Waals surface area contributed by atoms with Crippen LogP contribution in [-0.4, -0.2) is 23.3 Å². The molecule has 1 rings (SSSR count). The van der Waals surface area contributed by atoms with E-state index in [2.05, 4.69) is 4.98 Å². The number of Topliss-reactive ketones (excluding diaryl/α,β-unsaturated/α-hetero) is 1. The molecule has 0 amide bonds. The van der Waals surface area contributed by atoms with E-state index in [-0.39, 0.29) is 12.4 Å². The van der Waals surface area contributed by atoms with Crippen LogP contribution in [0, 0.1) is 5.41 Å². The number of pyridine rings is 1. The first-order chi connectivity index (χ1) is 7.41. The maximum absolute atomic E-state index is 11.5. The van der Waals surface area contributed by atoms with Crippen molar-refractivity contribution >= 4 is 11.8 Å². The molecule has 1 aromatic heterocycles. The molecule has 0 saturated heterocycles. The molecule has 0 aliphatic rings. The van der Waals surface area contributed by atoms with Crippen LogP contribution >= 0.6 is 0 Å². The van der Waals surface area contributed by atoms with E-state index >= 15 is 0 Å². The topological polar surface area (TPSA) is 56.3 Å². The Balaban J connectivity index is 2.52. The molecular formula is C12H15NO3. The van der Waals surface area contributed by atoms with E-state index in [1.807, 2.05) is 0 Å². The molecule has 4 heteroatoms. The van der Waals surface area contributed by atoms with Gasteiger partial charge < -0.3 is 4.74 Å². The molecule has 1 heterocycles. The average Bonchev–Trinajstić information content (AvgIpc) is 2.25. The third-order valence-electron chi connectivity index (χ3n) is 1.90. The van der Waals surface area contributed by atoms with Crippen molar-refractivity contribution in [2.24, 2.45) is 5.41 Å². The number of ketones is 1. The van der Waals surface area contributed by atoms with E-state index < -0.39 is 11.4 Å². The van der Waals surface area contributed by atoms with E-state index in [0.717, 1.165) is 0 Å². The first-order valence-corrected chi connectivity index (χ1v) is 5.03. The fraction of sp³-hybridized carbons (Fsp3) is 0.417. The van der Waals surface area contributed by atoms with Gasteiger partial charge in [0, 0.05) is 6.20 Å². The summed E-state index contributed by atoms with van der Waals surface area (Å²) in [6.07, 6.45) is 1.53. The Hall–Kier alpha value is -1.71. The molecule has 0 N–H and O–H groups in total. The lowest BCUT2D eigenvalue weighted by atomic mass is 9.97. The standard InChI is InChI=1S/C12H15NO3/c1-12(2,3)11(15)16-8-10(14)9-6-4-5-7-13-9/h4-7H,8H2,1-3H3. The monoisotopic (exact) mass is 221 g/mol. The lowest BCUT2D eigenvalue weighted by Crippen LogP contribution is -2.25. The number of esters is 1. The third-order valence-corrected chi connectivity index (χ3v) is 1.90. The van der Waals surface area contributed by atoms with Crippen LogP contribution in [0.3, 0.4) is 0 Å². The van der Waals surface area contributed by atoms with Crippen molar-refractivity contribution in [2.75, 3.05) is 6.61 Å². The Morgan fingerprint density at radius 3 is 2.50 bits per heavy atom. The quantitative estimate of drug-likeness (QED) is 0.577. The van der Waals surface area contributed by atoms with Gasteiger partial charge in [0.2, 0.25) is 5.78 Å². The summed E-state index contributed by atoms with van der Waals surface area (Å²) in [7, 11) is 0. The summed E-state index contributed by atoms with van der Waals surface area (Å²) in [5, 5.41) is 0. The van der Waals surface area contributed by atoms with Gasteiger partial charge in [-0.1, -0.05) is 6.07 Å². The number of nitrogens with zero attached hydrogens (tertiary/aromatic N) is 1. The molecule has 0 bridgehead atoms. The highest BCUT2D eigenvalue weighted by molar-refractivity contribution is 5.96. The Bertz CT molecular complexity index is 379. The van der Waals surface area contributed by atoms with E-state index in [4.69, 9.17) is 4.74 Å². The molecule has 0 atom stereocenters. The number of ether oxygens (including phenoxy) is 1. The van der Waals surface area contributed by atoms with Gasteiger partial charge in [0.1, 0.15) is 5.69 Å². The van der Waals surface area contributed by atoms with Crippen LogP contribution in [0.4, 0.5) is 0 Å². The molecule has 0 spiro atoms. The predicted octanol–water partition coefficient (Wildman–Crippen LogP) is 1.85. The number of rotatable bonds is 3. The molecule has 0 radical (unpaired) electrons. The summed E-state index contributed by atoms with van der Waals surface area (Å²) >= 11 is 0. The fourth-order valence-corrected chi connectivity index (χ4v) is 0.949. The first kappa shape index (κ1) is 12.4. The van der Waals surface area contributed by atoms with Crippen molar-refractivity contribution in [1.82, 2.24) is 4.98 Å². The largest absolute Gasteiger partial charge is 0.457 e. The van der Waals surface area contributed by atoms with Crippen molar-refractivity contribution in [3.05, 3.63) is 30.1 Å². The summed E-state index contributed by atoms with van der Waals surface area (Å²) < 4.78 is 4.89. The molecule has 0 aliphatic heterocycles. The summed E-state index contributed by atoms with van der Waals surface area (Å²) in [6.45, 7) is 4.95. The second-order valence-corrected chi connectivity index (χ2v) is 4.46. The van der Waals surface area contributed by atoms with Crippen LogP contribution in [0.1, 0.15) is 31.3 Å². The molecule has 0 fully saturated rings. The van der Waals surface area contributed by atoms with Gasteiger partial charge in [-0.05, 0) is 32.9 Å².